The Kier molecular flexibility index (Phi) is 7.47. The predicted molar refractivity (Wildman–Crippen MR) is 78.3 cm³/mol. The van der Waals surface area contributed by atoms with Gasteiger partial charge in [0.2, 0.25) is 0 Å². The summed E-state index contributed by atoms with van der Waals surface area (Å²) in [5.74, 6) is 0. The van der Waals surface area contributed by atoms with Gasteiger partial charge in [0.1, 0.15) is 0 Å². The van der Waals surface area contributed by atoms with Gasteiger partial charge in [0.25, 0.3) is 0 Å². The number of nitrogens with one attached hydrogen (secondary N) is 1. The molecule has 1 N–H and O–H groups in total. The van der Waals surface area contributed by atoms with E-state index in [1.54, 1.807) is 13.2 Å². The number of allylic oxidation sites excluding steroid dienone is 1. The Morgan fingerprint density at radius 2 is 2.05 bits per heavy atom. The summed E-state index contributed by atoms with van der Waals surface area (Å²) in [6, 6.07) is 5.50. The highest BCUT2D eigenvalue weighted by Crippen LogP contribution is 2.29. The first-order valence-electron chi connectivity index (χ1n) is 6.95. The predicted octanol–water partition coefficient (Wildman–Crippen LogP) is 3.82. The topological polar surface area (TPSA) is 21.3 Å². The van der Waals surface area contributed by atoms with Gasteiger partial charge in [-0.1, -0.05) is 29.8 Å². The molecule has 21 heavy (non-hydrogen) atoms. The number of halogens is 3. The molecule has 118 valence electrons. The van der Waals surface area contributed by atoms with E-state index in [0.717, 1.165) is 31.1 Å². The van der Waals surface area contributed by atoms with Crippen LogP contribution in [-0.4, -0.2) is 26.8 Å². The molecule has 0 aliphatic heterocycles. The van der Waals surface area contributed by atoms with Crippen molar-refractivity contribution < 1.29 is 17.9 Å². The Morgan fingerprint density at radius 1 is 1.29 bits per heavy atom. The number of hydrogen-bond acceptors (Lipinski definition) is 2. The van der Waals surface area contributed by atoms with E-state index in [-0.39, 0.29) is 0 Å². The monoisotopic (exact) mass is 301 g/mol. The fraction of sp³-hybridized carbons (Fsp3) is 0.500. The quantitative estimate of drug-likeness (QED) is 0.582. The van der Waals surface area contributed by atoms with Crippen LogP contribution in [0.2, 0.25) is 0 Å². The summed E-state index contributed by atoms with van der Waals surface area (Å²) >= 11 is 0. The van der Waals surface area contributed by atoms with Gasteiger partial charge < -0.3 is 10.1 Å². The zero-order chi connectivity index (χ0) is 15.7. The van der Waals surface area contributed by atoms with Gasteiger partial charge in [-0.3, -0.25) is 0 Å². The van der Waals surface area contributed by atoms with E-state index in [1.165, 1.54) is 12.1 Å². The molecule has 0 saturated heterocycles. The number of alkyl halides is 3. The Balaban J connectivity index is 2.45. The first kappa shape index (κ1) is 17.7. The lowest BCUT2D eigenvalue weighted by Gasteiger charge is -2.09. The molecular weight excluding hydrogens is 279 g/mol. The first-order chi connectivity index (χ1) is 9.93. The second-order valence-corrected chi connectivity index (χ2v) is 4.96. The molecule has 0 radical (unpaired) electrons. The summed E-state index contributed by atoms with van der Waals surface area (Å²) < 4.78 is 42.8. The third-order valence-corrected chi connectivity index (χ3v) is 3.03. The molecule has 0 amide bonds. The lowest BCUT2D eigenvalue weighted by Crippen LogP contribution is -2.19. The minimum Gasteiger partial charge on any atom is -0.383 e. The highest BCUT2D eigenvalue weighted by atomic mass is 19.4. The largest absolute Gasteiger partial charge is 0.416 e. The minimum atomic E-state index is -4.28. The average Bonchev–Trinajstić information content (AvgIpc) is 2.42. The van der Waals surface area contributed by atoms with Gasteiger partial charge in [-0.15, -0.1) is 0 Å². The third-order valence-electron chi connectivity index (χ3n) is 3.03. The van der Waals surface area contributed by atoms with Crippen LogP contribution in [0, 0.1) is 0 Å². The molecular formula is C16H22F3NO. The zero-order valence-corrected chi connectivity index (χ0v) is 12.5. The number of ether oxygens (including phenoxy) is 1. The van der Waals surface area contributed by atoms with Gasteiger partial charge in [-0.05, 0) is 37.9 Å². The molecule has 1 aromatic rings. The number of methoxy groups -OCH3 is 1. The molecule has 0 saturated carbocycles. The molecule has 0 aromatic heterocycles. The Labute approximate surface area is 124 Å². The van der Waals surface area contributed by atoms with E-state index in [9.17, 15) is 13.2 Å². The van der Waals surface area contributed by atoms with Crippen molar-refractivity contribution in [3.8, 4) is 0 Å². The molecule has 0 atom stereocenters. The van der Waals surface area contributed by atoms with Gasteiger partial charge in [0, 0.05) is 13.7 Å². The lowest BCUT2D eigenvalue weighted by atomic mass is 10.0. The molecule has 1 rings (SSSR count). The van der Waals surface area contributed by atoms with Crippen molar-refractivity contribution in [3.63, 3.8) is 0 Å². The van der Waals surface area contributed by atoms with Crippen molar-refractivity contribution in [3.05, 3.63) is 47.0 Å². The molecule has 0 aliphatic rings. The molecule has 0 heterocycles. The first-order valence-corrected chi connectivity index (χ1v) is 6.95. The summed E-state index contributed by atoms with van der Waals surface area (Å²) in [4.78, 5) is 0. The van der Waals surface area contributed by atoms with Crippen LogP contribution in [0.15, 0.2) is 35.9 Å². The van der Waals surface area contributed by atoms with Crippen molar-refractivity contribution >= 4 is 0 Å². The van der Waals surface area contributed by atoms with Gasteiger partial charge in [-0.25, -0.2) is 0 Å². The number of benzene rings is 1. The lowest BCUT2D eigenvalue weighted by molar-refractivity contribution is -0.137. The van der Waals surface area contributed by atoms with Crippen LogP contribution >= 0.6 is 0 Å². The Bertz CT molecular complexity index is 455. The maximum absolute atomic E-state index is 12.6. The van der Waals surface area contributed by atoms with E-state index < -0.39 is 11.7 Å². The van der Waals surface area contributed by atoms with E-state index in [1.807, 2.05) is 6.92 Å². The molecule has 1 aromatic carbocycles. The summed E-state index contributed by atoms with van der Waals surface area (Å²) in [6.45, 7) is 4.25. The molecule has 2 nitrogen and oxygen atoms in total. The van der Waals surface area contributed by atoms with Gasteiger partial charge in [-0.2, -0.15) is 13.2 Å². The molecule has 0 fully saturated rings. The van der Waals surface area contributed by atoms with Gasteiger partial charge in [0.15, 0.2) is 0 Å². The normalized spacial score (nSPS) is 12.7. The summed E-state index contributed by atoms with van der Waals surface area (Å²) in [5, 5.41) is 3.22. The SMILES string of the molecule is COCCNCCC=C(C)Cc1cccc(C(F)(F)F)c1. The number of rotatable bonds is 8. The highest BCUT2D eigenvalue weighted by molar-refractivity contribution is 5.28. The molecule has 0 spiro atoms. The van der Waals surface area contributed by atoms with Crippen LogP contribution < -0.4 is 5.32 Å². The summed E-state index contributed by atoms with van der Waals surface area (Å²) in [5.41, 5.74) is 1.17. The fourth-order valence-electron chi connectivity index (χ4n) is 1.97. The number of hydrogen-bond donors (Lipinski definition) is 1. The van der Waals surface area contributed by atoms with Crippen molar-refractivity contribution in [2.24, 2.45) is 0 Å². The van der Waals surface area contributed by atoms with Crippen LogP contribution in [0.3, 0.4) is 0 Å². The second kappa shape index (κ2) is 8.85. The van der Waals surface area contributed by atoms with Gasteiger partial charge >= 0.3 is 6.18 Å². The van der Waals surface area contributed by atoms with Crippen molar-refractivity contribution in [1.82, 2.24) is 5.32 Å². The second-order valence-electron chi connectivity index (χ2n) is 4.96. The summed E-state index contributed by atoms with van der Waals surface area (Å²) in [6.07, 6.45) is -0.824. The Morgan fingerprint density at radius 3 is 2.71 bits per heavy atom. The van der Waals surface area contributed by atoms with E-state index in [2.05, 4.69) is 11.4 Å². The molecule has 0 aliphatic carbocycles. The molecule has 0 unspecified atom stereocenters. The standard InChI is InChI=1S/C16H22F3NO/c1-13(5-4-8-20-9-10-21-2)11-14-6-3-7-15(12-14)16(17,18)19/h3,5-7,12,20H,4,8-11H2,1-2H3. The van der Waals surface area contributed by atoms with Crippen LogP contribution in [0.5, 0.6) is 0 Å². The summed E-state index contributed by atoms with van der Waals surface area (Å²) in [7, 11) is 1.65. The van der Waals surface area contributed by atoms with Crippen molar-refractivity contribution in [2.75, 3.05) is 26.8 Å². The zero-order valence-electron chi connectivity index (χ0n) is 12.5. The van der Waals surface area contributed by atoms with Crippen LogP contribution in [0.4, 0.5) is 13.2 Å². The van der Waals surface area contributed by atoms with Crippen LogP contribution in [-0.2, 0) is 17.3 Å². The van der Waals surface area contributed by atoms with Crippen molar-refractivity contribution in [1.29, 1.82) is 0 Å². The fourth-order valence-corrected chi connectivity index (χ4v) is 1.97. The van der Waals surface area contributed by atoms with E-state index >= 15 is 0 Å². The maximum Gasteiger partial charge on any atom is 0.416 e. The van der Waals surface area contributed by atoms with E-state index in [4.69, 9.17) is 4.74 Å². The third kappa shape index (κ3) is 7.29. The minimum absolute atomic E-state index is 0.544. The smallest absolute Gasteiger partial charge is 0.383 e. The highest BCUT2D eigenvalue weighted by Gasteiger charge is 2.30. The van der Waals surface area contributed by atoms with Crippen LogP contribution in [0.1, 0.15) is 24.5 Å². The molecule has 0 bridgehead atoms. The maximum atomic E-state index is 12.6. The van der Waals surface area contributed by atoms with Crippen molar-refractivity contribution in [2.45, 2.75) is 25.9 Å². The van der Waals surface area contributed by atoms with E-state index in [0.29, 0.717) is 18.6 Å². The van der Waals surface area contributed by atoms with Crippen LogP contribution in [0.25, 0.3) is 0 Å². The molecule has 5 heteroatoms. The Hall–Kier alpha value is -1.33. The van der Waals surface area contributed by atoms with Gasteiger partial charge in [0.05, 0.1) is 12.2 Å². The average molecular weight is 301 g/mol.